The zero-order valence-electron chi connectivity index (χ0n) is 10.5. The summed E-state index contributed by atoms with van der Waals surface area (Å²) in [7, 11) is 1.54. The SMILES string of the molecule is COc1ccccc1NN=Cc1c(O)[nH]c(=S)[nH]c1=O. The van der Waals surface area contributed by atoms with Gasteiger partial charge in [-0.05, 0) is 24.4 Å². The Morgan fingerprint density at radius 3 is 2.85 bits per heavy atom. The third kappa shape index (κ3) is 3.04. The van der Waals surface area contributed by atoms with Gasteiger partial charge in [0.2, 0.25) is 5.88 Å². The Balaban J connectivity index is 2.23. The van der Waals surface area contributed by atoms with Crippen molar-refractivity contribution in [2.45, 2.75) is 0 Å². The lowest BCUT2D eigenvalue weighted by Crippen LogP contribution is -2.14. The van der Waals surface area contributed by atoms with Crippen molar-refractivity contribution in [3.8, 4) is 11.6 Å². The van der Waals surface area contributed by atoms with Crippen LogP contribution in [-0.2, 0) is 0 Å². The van der Waals surface area contributed by atoms with E-state index in [2.05, 4.69) is 20.5 Å². The molecule has 0 saturated carbocycles. The molecule has 0 amide bonds. The van der Waals surface area contributed by atoms with Gasteiger partial charge in [0.25, 0.3) is 5.56 Å². The topological polar surface area (TPSA) is 102 Å². The molecule has 0 bridgehead atoms. The summed E-state index contributed by atoms with van der Waals surface area (Å²) in [5.41, 5.74) is 2.80. The van der Waals surface area contributed by atoms with Crippen molar-refractivity contribution in [3.63, 3.8) is 0 Å². The predicted octanol–water partition coefficient (Wildman–Crippen LogP) is 1.59. The Kier molecular flexibility index (Phi) is 4.16. The van der Waals surface area contributed by atoms with E-state index in [9.17, 15) is 9.90 Å². The van der Waals surface area contributed by atoms with Crippen LogP contribution in [0.5, 0.6) is 11.6 Å². The van der Waals surface area contributed by atoms with E-state index in [0.29, 0.717) is 11.4 Å². The standard InChI is InChI=1S/C12H12N4O3S/c1-19-9-5-3-2-4-8(9)16-13-6-7-10(17)14-12(20)15-11(7)18/h2-6,16H,1H3,(H3,14,15,17,18,20). The van der Waals surface area contributed by atoms with Crippen molar-refractivity contribution in [3.05, 3.63) is 45.0 Å². The van der Waals surface area contributed by atoms with E-state index in [1.807, 2.05) is 12.1 Å². The number of anilines is 1. The molecule has 1 aromatic heterocycles. The van der Waals surface area contributed by atoms with E-state index >= 15 is 0 Å². The number of ether oxygens (including phenoxy) is 1. The van der Waals surface area contributed by atoms with Gasteiger partial charge in [0.05, 0.1) is 19.0 Å². The number of hydrogen-bond acceptors (Lipinski definition) is 6. The van der Waals surface area contributed by atoms with Crippen LogP contribution in [0.3, 0.4) is 0 Å². The quantitative estimate of drug-likeness (QED) is 0.389. The summed E-state index contributed by atoms with van der Waals surface area (Å²) >= 11 is 4.72. The molecule has 0 aliphatic rings. The molecule has 8 heteroatoms. The molecule has 0 atom stereocenters. The second-order valence-electron chi connectivity index (χ2n) is 3.74. The van der Waals surface area contributed by atoms with E-state index in [4.69, 9.17) is 17.0 Å². The predicted molar refractivity (Wildman–Crippen MR) is 78.1 cm³/mol. The monoisotopic (exact) mass is 292 g/mol. The maximum absolute atomic E-state index is 11.6. The van der Waals surface area contributed by atoms with Gasteiger partial charge < -0.3 is 14.8 Å². The Bertz CT molecular complexity index is 751. The van der Waals surface area contributed by atoms with E-state index in [1.165, 1.54) is 13.3 Å². The van der Waals surface area contributed by atoms with Crippen LogP contribution in [0.15, 0.2) is 34.2 Å². The molecule has 0 saturated heterocycles. The smallest absolute Gasteiger partial charge is 0.264 e. The van der Waals surface area contributed by atoms with Gasteiger partial charge in [0.15, 0.2) is 4.77 Å². The third-order valence-electron chi connectivity index (χ3n) is 2.44. The molecule has 0 aliphatic heterocycles. The van der Waals surface area contributed by atoms with Gasteiger partial charge in [0.1, 0.15) is 11.3 Å². The average molecular weight is 292 g/mol. The number of methoxy groups -OCH3 is 1. The Morgan fingerprint density at radius 2 is 2.15 bits per heavy atom. The van der Waals surface area contributed by atoms with Gasteiger partial charge in [-0.2, -0.15) is 5.10 Å². The number of aromatic hydroxyl groups is 1. The average Bonchev–Trinajstić information content (AvgIpc) is 2.42. The summed E-state index contributed by atoms with van der Waals surface area (Å²) in [5, 5.41) is 13.5. The van der Waals surface area contributed by atoms with E-state index < -0.39 is 5.56 Å². The van der Waals surface area contributed by atoms with Crippen molar-refractivity contribution in [1.82, 2.24) is 9.97 Å². The summed E-state index contributed by atoms with van der Waals surface area (Å²) in [6.45, 7) is 0. The summed E-state index contributed by atoms with van der Waals surface area (Å²) in [5.74, 6) is 0.263. The zero-order valence-corrected chi connectivity index (χ0v) is 11.3. The van der Waals surface area contributed by atoms with Crippen molar-refractivity contribution >= 4 is 24.1 Å². The van der Waals surface area contributed by atoms with Crippen molar-refractivity contribution in [2.24, 2.45) is 5.10 Å². The van der Waals surface area contributed by atoms with E-state index in [0.717, 1.165) is 0 Å². The van der Waals surface area contributed by atoms with Gasteiger partial charge >= 0.3 is 0 Å². The molecular weight excluding hydrogens is 280 g/mol. The lowest BCUT2D eigenvalue weighted by Gasteiger charge is -2.06. The second kappa shape index (κ2) is 6.02. The molecule has 1 heterocycles. The first-order valence-electron chi connectivity index (χ1n) is 5.59. The normalized spacial score (nSPS) is 10.7. The lowest BCUT2D eigenvalue weighted by atomic mass is 10.3. The minimum absolute atomic E-state index is 0.0269. The fourth-order valence-electron chi connectivity index (χ4n) is 1.51. The first-order valence-corrected chi connectivity index (χ1v) is 6.00. The van der Waals surface area contributed by atoms with Crippen molar-refractivity contribution in [1.29, 1.82) is 0 Å². The Hall–Kier alpha value is -2.61. The molecule has 1 aromatic carbocycles. The minimum atomic E-state index is -0.531. The van der Waals surface area contributed by atoms with Gasteiger partial charge in [-0.15, -0.1) is 0 Å². The minimum Gasteiger partial charge on any atom is -0.495 e. The van der Waals surface area contributed by atoms with Crippen LogP contribution in [0, 0.1) is 4.77 Å². The number of nitrogens with zero attached hydrogens (tertiary/aromatic N) is 1. The first-order chi connectivity index (χ1) is 9.61. The maximum atomic E-state index is 11.6. The highest BCUT2D eigenvalue weighted by atomic mass is 32.1. The molecule has 4 N–H and O–H groups in total. The molecule has 0 aliphatic carbocycles. The molecule has 0 fully saturated rings. The number of aromatic nitrogens is 2. The van der Waals surface area contributed by atoms with E-state index in [-0.39, 0.29) is 16.2 Å². The number of aromatic amines is 2. The number of rotatable bonds is 4. The highest BCUT2D eigenvalue weighted by Crippen LogP contribution is 2.22. The van der Waals surface area contributed by atoms with Crippen LogP contribution in [0.1, 0.15) is 5.56 Å². The molecule has 2 rings (SSSR count). The van der Waals surface area contributed by atoms with Crippen molar-refractivity contribution in [2.75, 3.05) is 12.5 Å². The number of para-hydroxylation sites is 2. The van der Waals surface area contributed by atoms with Crippen LogP contribution in [-0.4, -0.2) is 28.4 Å². The third-order valence-corrected chi connectivity index (χ3v) is 2.65. The highest BCUT2D eigenvalue weighted by Gasteiger charge is 2.04. The maximum Gasteiger partial charge on any atom is 0.264 e. The molecular formula is C12H12N4O3S. The number of benzene rings is 1. The molecule has 20 heavy (non-hydrogen) atoms. The fourth-order valence-corrected chi connectivity index (χ4v) is 1.70. The number of hydrazone groups is 1. The number of H-pyrrole nitrogens is 2. The van der Waals surface area contributed by atoms with Gasteiger partial charge in [0, 0.05) is 0 Å². The summed E-state index contributed by atoms with van der Waals surface area (Å²) in [4.78, 5) is 16.4. The Morgan fingerprint density at radius 1 is 1.40 bits per heavy atom. The van der Waals surface area contributed by atoms with E-state index in [1.54, 1.807) is 12.1 Å². The lowest BCUT2D eigenvalue weighted by molar-refractivity contribution is 0.416. The summed E-state index contributed by atoms with van der Waals surface area (Å²) in [6.07, 6.45) is 1.19. The van der Waals surface area contributed by atoms with Crippen LogP contribution in [0.4, 0.5) is 5.69 Å². The second-order valence-corrected chi connectivity index (χ2v) is 4.15. The largest absolute Gasteiger partial charge is 0.495 e. The van der Waals surface area contributed by atoms with Gasteiger partial charge in [-0.3, -0.25) is 15.2 Å². The molecule has 7 nitrogen and oxygen atoms in total. The zero-order chi connectivity index (χ0) is 14.5. The summed E-state index contributed by atoms with van der Waals surface area (Å²) in [6, 6.07) is 7.16. The number of nitrogens with one attached hydrogen (secondary N) is 3. The summed E-state index contributed by atoms with van der Waals surface area (Å²) < 4.78 is 5.18. The van der Waals surface area contributed by atoms with Crippen LogP contribution in [0.2, 0.25) is 0 Å². The number of hydrogen-bond donors (Lipinski definition) is 4. The fraction of sp³-hybridized carbons (Fsp3) is 0.0833. The van der Waals surface area contributed by atoms with Gasteiger partial charge in [-0.1, -0.05) is 12.1 Å². The van der Waals surface area contributed by atoms with Crippen LogP contribution >= 0.6 is 12.2 Å². The highest BCUT2D eigenvalue weighted by molar-refractivity contribution is 7.71. The molecule has 104 valence electrons. The first kappa shape index (κ1) is 13.8. The van der Waals surface area contributed by atoms with Crippen LogP contribution < -0.4 is 15.7 Å². The molecule has 0 radical (unpaired) electrons. The molecule has 0 unspecified atom stereocenters. The Labute approximate surface area is 119 Å². The van der Waals surface area contributed by atoms with Crippen molar-refractivity contribution < 1.29 is 9.84 Å². The van der Waals surface area contributed by atoms with Gasteiger partial charge in [-0.25, -0.2) is 0 Å². The van der Waals surface area contributed by atoms with Crippen LogP contribution in [0.25, 0.3) is 0 Å². The molecule has 2 aromatic rings. The molecule has 0 spiro atoms.